The maximum atomic E-state index is 13.7. The summed E-state index contributed by atoms with van der Waals surface area (Å²) >= 11 is 0. The van der Waals surface area contributed by atoms with Gasteiger partial charge in [-0.3, -0.25) is 9.36 Å². The zero-order valence-corrected chi connectivity index (χ0v) is 25.3. The third kappa shape index (κ3) is 6.24. The summed E-state index contributed by atoms with van der Waals surface area (Å²) in [7, 11) is 9.11. The molecular weight excluding hydrogens is 536 g/mol. The van der Waals surface area contributed by atoms with Crippen LogP contribution in [-0.2, 0) is 9.53 Å². The number of carbonyl (C=O) groups is 1. The lowest BCUT2D eigenvalue weighted by molar-refractivity contribution is -0.111. The summed E-state index contributed by atoms with van der Waals surface area (Å²) in [4.78, 5) is 39.5. The Morgan fingerprint density at radius 1 is 1.14 bits per heavy atom. The van der Waals surface area contributed by atoms with Crippen molar-refractivity contribution in [3.8, 4) is 5.75 Å². The molecule has 2 N–H and O–H groups in total. The number of ether oxygens (including phenoxy) is 2. The number of rotatable bonds is 10. The van der Waals surface area contributed by atoms with Gasteiger partial charge in [0.25, 0.3) is 0 Å². The molecular formula is C30H40N8O4. The summed E-state index contributed by atoms with van der Waals surface area (Å²) in [5.41, 5.74) is 3.22. The third-order valence-electron chi connectivity index (χ3n) is 7.03. The van der Waals surface area contributed by atoms with Crippen molar-refractivity contribution >= 4 is 45.8 Å². The number of likely N-dealkylation sites (N-methyl/N-ethyl adjacent to an activating group) is 2. The van der Waals surface area contributed by atoms with Crippen LogP contribution >= 0.6 is 0 Å². The Kier molecular flexibility index (Phi) is 9.48. The molecule has 1 aliphatic rings. The second-order valence-electron chi connectivity index (χ2n) is 10.5. The van der Waals surface area contributed by atoms with Crippen LogP contribution in [0.15, 0.2) is 63.8 Å². The van der Waals surface area contributed by atoms with Crippen LogP contribution in [0.5, 0.6) is 5.75 Å². The summed E-state index contributed by atoms with van der Waals surface area (Å²) in [5, 5.41) is 6.14. The van der Waals surface area contributed by atoms with Crippen LogP contribution in [0.4, 0.5) is 17.1 Å². The zero-order chi connectivity index (χ0) is 30.6. The number of imidazole rings is 1. The normalized spacial score (nSPS) is 15.0. The standard InChI is InChI=1S/C30H40N8O4/c1-9-27(39)32-20-16-21(25(41-7)17-24(20)36(6)15-14-35(4)5)33-29-31-18-26(42-8)28(34-29)38-23-13-11-10-12-22(23)37(19(2)3)30(38)40/h9-13,16-17,19,26H,1,14-15,18H2,2-8H3,(H,31,33)(H,32,39). The molecule has 1 atom stereocenters. The van der Waals surface area contributed by atoms with Crippen molar-refractivity contribution in [1.29, 1.82) is 0 Å². The molecule has 0 radical (unpaired) electrons. The van der Waals surface area contributed by atoms with E-state index >= 15 is 0 Å². The molecule has 2 aromatic carbocycles. The van der Waals surface area contributed by atoms with Gasteiger partial charge in [-0.25, -0.2) is 14.4 Å². The Bertz CT molecular complexity index is 1580. The number of aromatic nitrogens is 2. The molecule has 0 aliphatic carbocycles. The lowest BCUT2D eigenvalue weighted by atomic mass is 10.2. The fourth-order valence-corrected chi connectivity index (χ4v) is 4.83. The van der Waals surface area contributed by atoms with Crippen molar-refractivity contribution < 1.29 is 14.3 Å². The van der Waals surface area contributed by atoms with E-state index in [9.17, 15) is 9.59 Å². The van der Waals surface area contributed by atoms with E-state index < -0.39 is 6.10 Å². The fraction of sp³-hybridized carbons (Fsp3) is 0.400. The van der Waals surface area contributed by atoms with E-state index in [4.69, 9.17) is 14.5 Å². The Hall–Kier alpha value is -4.42. The third-order valence-corrected chi connectivity index (χ3v) is 7.03. The Balaban J connectivity index is 1.78. The summed E-state index contributed by atoms with van der Waals surface area (Å²) in [6.45, 7) is 9.31. The van der Waals surface area contributed by atoms with Crippen LogP contribution in [0.1, 0.15) is 19.9 Å². The minimum absolute atomic E-state index is 0.0528. The average Bonchev–Trinajstić information content (AvgIpc) is 3.27. The number of carbonyl (C=O) groups excluding carboxylic acids is 1. The van der Waals surface area contributed by atoms with Crippen molar-refractivity contribution in [2.75, 3.05) is 70.5 Å². The number of amides is 1. The van der Waals surface area contributed by atoms with Gasteiger partial charge in [0.05, 0.1) is 41.8 Å². The van der Waals surface area contributed by atoms with Gasteiger partial charge in [-0.05, 0) is 52.2 Å². The molecule has 12 nitrogen and oxygen atoms in total. The first kappa shape index (κ1) is 30.5. The first-order valence-corrected chi connectivity index (χ1v) is 13.8. The van der Waals surface area contributed by atoms with Crippen LogP contribution in [0, 0.1) is 0 Å². The summed E-state index contributed by atoms with van der Waals surface area (Å²) in [5.74, 6) is 0.891. The number of para-hydroxylation sites is 2. The number of fused-ring (bicyclic) bond motifs is 1. The number of aliphatic imine (C=N–C) groups is 2. The van der Waals surface area contributed by atoms with Crippen LogP contribution in [-0.4, -0.2) is 92.8 Å². The summed E-state index contributed by atoms with van der Waals surface area (Å²) in [6, 6.07) is 11.2. The molecule has 1 aliphatic heterocycles. The van der Waals surface area contributed by atoms with E-state index in [1.54, 1.807) is 29.4 Å². The lowest BCUT2D eigenvalue weighted by Crippen LogP contribution is -2.42. The van der Waals surface area contributed by atoms with Gasteiger partial charge in [0, 0.05) is 39.4 Å². The zero-order valence-electron chi connectivity index (χ0n) is 25.3. The molecule has 12 heteroatoms. The minimum atomic E-state index is -0.531. The lowest BCUT2D eigenvalue weighted by Gasteiger charge is -2.26. The number of benzene rings is 2. The van der Waals surface area contributed by atoms with Gasteiger partial charge in [0.1, 0.15) is 11.9 Å². The van der Waals surface area contributed by atoms with Crippen LogP contribution < -0.4 is 26.0 Å². The largest absolute Gasteiger partial charge is 0.494 e. The van der Waals surface area contributed by atoms with Crippen LogP contribution in [0.25, 0.3) is 11.0 Å². The maximum Gasteiger partial charge on any atom is 0.335 e. The number of guanidine groups is 1. The molecule has 0 spiro atoms. The van der Waals surface area contributed by atoms with Crippen molar-refractivity contribution in [3.63, 3.8) is 0 Å². The van der Waals surface area contributed by atoms with Gasteiger partial charge in [-0.1, -0.05) is 18.7 Å². The minimum Gasteiger partial charge on any atom is -0.494 e. The Labute approximate surface area is 245 Å². The predicted molar refractivity (Wildman–Crippen MR) is 170 cm³/mol. The van der Waals surface area contributed by atoms with E-state index in [1.165, 1.54) is 6.08 Å². The fourth-order valence-electron chi connectivity index (χ4n) is 4.83. The van der Waals surface area contributed by atoms with Crippen molar-refractivity contribution in [3.05, 3.63) is 59.5 Å². The second kappa shape index (κ2) is 13.0. The molecule has 2 heterocycles. The van der Waals surface area contributed by atoms with E-state index in [2.05, 4.69) is 27.1 Å². The topological polar surface area (TPSA) is 118 Å². The number of nitrogens with zero attached hydrogens (tertiary/aromatic N) is 6. The number of hydrogen-bond donors (Lipinski definition) is 2. The molecule has 1 unspecified atom stereocenters. The first-order chi connectivity index (χ1) is 20.1. The Morgan fingerprint density at radius 3 is 2.48 bits per heavy atom. The van der Waals surface area contributed by atoms with Gasteiger partial charge < -0.3 is 29.9 Å². The molecule has 1 aromatic heterocycles. The molecule has 0 fully saturated rings. The SMILES string of the molecule is C=CC(=O)Nc1cc(NC2=NCC(OC)C(n3c(=O)n(C(C)C)c4ccccc43)=N2)c(OC)cc1N(C)CCN(C)C. The Morgan fingerprint density at radius 2 is 1.86 bits per heavy atom. The van der Waals surface area contributed by atoms with E-state index in [0.717, 1.165) is 29.8 Å². The molecule has 0 saturated carbocycles. The van der Waals surface area contributed by atoms with E-state index in [-0.39, 0.29) is 30.1 Å². The molecule has 1 amide bonds. The smallest absolute Gasteiger partial charge is 0.335 e. The highest BCUT2D eigenvalue weighted by Gasteiger charge is 2.28. The van der Waals surface area contributed by atoms with E-state index in [0.29, 0.717) is 23.0 Å². The highest BCUT2D eigenvalue weighted by molar-refractivity contribution is 6.09. The molecule has 4 rings (SSSR count). The number of nitrogens with one attached hydrogen (secondary N) is 2. The highest BCUT2D eigenvalue weighted by atomic mass is 16.5. The highest BCUT2D eigenvalue weighted by Crippen LogP contribution is 2.37. The molecule has 3 aromatic rings. The predicted octanol–water partition coefficient (Wildman–Crippen LogP) is 3.26. The molecule has 0 bridgehead atoms. The maximum absolute atomic E-state index is 13.7. The van der Waals surface area contributed by atoms with Gasteiger partial charge in [0.15, 0.2) is 5.84 Å². The first-order valence-electron chi connectivity index (χ1n) is 13.8. The van der Waals surface area contributed by atoms with E-state index in [1.807, 2.05) is 70.2 Å². The van der Waals surface area contributed by atoms with Crippen LogP contribution in [0.2, 0.25) is 0 Å². The quantitative estimate of drug-likeness (QED) is 0.356. The molecule has 42 heavy (non-hydrogen) atoms. The van der Waals surface area contributed by atoms with Crippen LogP contribution in [0.3, 0.4) is 0 Å². The summed E-state index contributed by atoms with van der Waals surface area (Å²) in [6.07, 6.45) is 0.690. The number of methoxy groups -OCH3 is 2. The van der Waals surface area contributed by atoms with Crippen molar-refractivity contribution in [2.24, 2.45) is 9.98 Å². The molecule has 0 saturated heterocycles. The van der Waals surface area contributed by atoms with Crippen molar-refractivity contribution in [2.45, 2.75) is 26.0 Å². The van der Waals surface area contributed by atoms with Gasteiger partial charge in [-0.2, -0.15) is 4.99 Å². The van der Waals surface area contributed by atoms with Crippen molar-refractivity contribution in [1.82, 2.24) is 14.0 Å². The summed E-state index contributed by atoms with van der Waals surface area (Å²) < 4.78 is 14.8. The average molecular weight is 577 g/mol. The number of anilines is 3. The molecule has 224 valence electrons. The number of hydrogen-bond acceptors (Lipinski definition) is 9. The van der Waals surface area contributed by atoms with Gasteiger partial charge >= 0.3 is 5.69 Å². The second-order valence-corrected chi connectivity index (χ2v) is 10.5. The van der Waals surface area contributed by atoms with Gasteiger partial charge in [0.2, 0.25) is 11.9 Å². The monoisotopic (exact) mass is 576 g/mol. The van der Waals surface area contributed by atoms with Gasteiger partial charge in [-0.15, -0.1) is 0 Å².